The molecule has 0 amide bonds. The molecule has 3 unspecified atom stereocenters. The van der Waals surface area contributed by atoms with Gasteiger partial charge in [-0.2, -0.15) is 12.6 Å². The molecule has 0 aliphatic heterocycles. The lowest BCUT2D eigenvalue weighted by Crippen LogP contribution is -2.43. The van der Waals surface area contributed by atoms with Crippen LogP contribution in [0.3, 0.4) is 0 Å². The third-order valence-electron chi connectivity index (χ3n) is 5.54. The SMILES string of the molecule is CNCCC1Cc2ccc(OC)cc2C2(S)CCCCC12. The quantitative estimate of drug-likeness (QED) is 0.826. The van der Waals surface area contributed by atoms with Crippen LogP contribution in [0.5, 0.6) is 5.75 Å². The Morgan fingerprint density at radius 2 is 2.24 bits per heavy atom. The van der Waals surface area contributed by atoms with Gasteiger partial charge < -0.3 is 10.1 Å². The first-order valence-corrected chi connectivity index (χ1v) is 8.68. The maximum absolute atomic E-state index is 5.45. The number of rotatable bonds is 4. The molecule has 1 fully saturated rings. The first-order valence-electron chi connectivity index (χ1n) is 8.23. The van der Waals surface area contributed by atoms with Crippen molar-refractivity contribution >= 4 is 12.6 Å². The summed E-state index contributed by atoms with van der Waals surface area (Å²) in [5.74, 6) is 2.44. The summed E-state index contributed by atoms with van der Waals surface area (Å²) >= 11 is 5.25. The van der Waals surface area contributed by atoms with E-state index in [0.717, 1.165) is 18.2 Å². The van der Waals surface area contributed by atoms with Crippen molar-refractivity contribution in [3.05, 3.63) is 29.3 Å². The second-order valence-electron chi connectivity index (χ2n) is 6.66. The molecule has 0 saturated heterocycles. The van der Waals surface area contributed by atoms with E-state index in [1.165, 1.54) is 49.7 Å². The second kappa shape index (κ2) is 6.21. The molecule has 1 saturated carbocycles. The fraction of sp³-hybridized carbons (Fsp3) is 0.667. The van der Waals surface area contributed by atoms with E-state index in [2.05, 4.69) is 30.6 Å². The summed E-state index contributed by atoms with van der Waals surface area (Å²) in [4.78, 5) is 0. The van der Waals surface area contributed by atoms with E-state index in [0.29, 0.717) is 5.92 Å². The van der Waals surface area contributed by atoms with Gasteiger partial charge >= 0.3 is 0 Å². The third-order valence-corrected chi connectivity index (χ3v) is 6.33. The number of hydrogen-bond donors (Lipinski definition) is 2. The summed E-state index contributed by atoms with van der Waals surface area (Å²) < 4.78 is 5.51. The smallest absolute Gasteiger partial charge is 0.119 e. The van der Waals surface area contributed by atoms with Crippen LogP contribution in [0.1, 0.15) is 43.2 Å². The van der Waals surface area contributed by atoms with Crippen molar-refractivity contribution in [1.82, 2.24) is 5.32 Å². The first kappa shape index (κ1) is 15.2. The normalized spacial score (nSPS) is 31.4. The molecular weight excluding hydrogens is 278 g/mol. The van der Waals surface area contributed by atoms with Crippen molar-refractivity contribution in [3.8, 4) is 5.75 Å². The maximum Gasteiger partial charge on any atom is 0.119 e. The maximum atomic E-state index is 5.45. The van der Waals surface area contributed by atoms with Crippen LogP contribution in [0.25, 0.3) is 0 Å². The van der Waals surface area contributed by atoms with Crippen LogP contribution in [-0.2, 0) is 11.2 Å². The number of benzene rings is 1. The fourth-order valence-corrected chi connectivity index (χ4v) is 5.17. The van der Waals surface area contributed by atoms with Gasteiger partial charge in [0.25, 0.3) is 0 Å². The van der Waals surface area contributed by atoms with Crippen molar-refractivity contribution in [2.24, 2.45) is 11.8 Å². The molecular formula is C18H27NOS. The highest BCUT2D eigenvalue weighted by Crippen LogP contribution is 2.55. The van der Waals surface area contributed by atoms with Gasteiger partial charge in [-0.3, -0.25) is 0 Å². The molecule has 1 N–H and O–H groups in total. The molecule has 0 spiro atoms. The number of fused-ring (bicyclic) bond motifs is 3. The van der Waals surface area contributed by atoms with Crippen LogP contribution >= 0.6 is 12.6 Å². The van der Waals surface area contributed by atoms with Gasteiger partial charge in [0.2, 0.25) is 0 Å². The van der Waals surface area contributed by atoms with E-state index in [1.54, 1.807) is 7.11 Å². The minimum atomic E-state index is 0.0543. The molecule has 3 atom stereocenters. The van der Waals surface area contributed by atoms with Gasteiger partial charge in [-0.25, -0.2) is 0 Å². The predicted octanol–water partition coefficient (Wildman–Crippen LogP) is 3.79. The minimum absolute atomic E-state index is 0.0543. The topological polar surface area (TPSA) is 21.3 Å². The van der Waals surface area contributed by atoms with Crippen molar-refractivity contribution < 1.29 is 4.74 Å². The molecule has 0 radical (unpaired) electrons. The Labute approximate surface area is 134 Å². The molecule has 2 nitrogen and oxygen atoms in total. The average Bonchev–Trinajstić information content (AvgIpc) is 2.52. The minimum Gasteiger partial charge on any atom is -0.497 e. The molecule has 21 heavy (non-hydrogen) atoms. The number of thiol groups is 1. The van der Waals surface area contributed by atoms with Gasteiger partial charge in [-0.05, 0) is 74.4 Å². The Bertz CT molecular complexity index is 504. The van der Waals surface area contributed by atoms with E-state index in [4.69, 9.17) is 17.4 Å². The molecule has 1 aromatic rings. The van der Waals surface area contributed by atoms with Gasteiger partial charge in [0, 0.05) is 4.75 Å². The van der Waals surface area contributed by atoms with Gasteiger partial charge in [-0.1, -0.05) is 18.9 Å². The summed E-state index contributed by atoms with van der Waals surface area (Å²) in [7, 11) is 3.81. The van der Waals surface area contributed by atoms with Crippen LogP contribution in [0.2, 0.25) is 0 Å². The summed E-state index contributed by atoms with van der Waals surface area (Å²) in [5, 5.41) is 3.32. The average molecular weight is 305 g/mol. The zero-order valence-corrected chi connectivity index (χ0v) is 14.1. The van der Waals surface area contributed by atoms with Gasteiger partial charge in [0.05, 0.1) is 7.11 Å². The standard InChI is InChI=1S/C18H27NOS/c1-19-10-8-14-11-13-6-7-15(20-2)12-17(13)18(21)9-4-3-5-16(14)18/h6-7,12,14,16,19,21H,3-5,8-11H2,1-2H3. The molecule has 0 bridgehead atoms. The van der Waals surface area contributed by atoms with Crippen LogP contribution in [-0.4, -0.2) is 20.7 Å². The van der Waals surface area contributed by atoms with Gasteiger partial charge in [0.1, 0.15) is 5.75 Å². The fourth-order valence-electron chi connectivity index (χ4n) is 4.46. The second-order valence-corrected chi connectivity index (χ2v) is 7.45. The summed E-state index contributed by atoms with van der Waals surface area (Å²) in [6.07, 6.45) is 7.66. The van der Waals surface area contributed by atoms with Crippen molar-refractivity contribution in [2.45, 2.75) is 43.3 Å². The number of ether oxygens (including phenoxy) is 1. The molecule has 3 rings (SSSR count). The number of nitrogens with one attached hydrogen (secondary N) is 1. The Hall–Kier alpha value is -0.670. The van der Waals surface area contributed by atoms with E-state index < -0.39 is 0 Å². The highest BCUT2D eigenvalue weighted by molar-refractivity contribution is 7.81. The van der Waals surface area contributed by atoms with Gasteiger partial charge in [0.15, 0.2) is 0 Å². The monoisotopic (exact) mass is 305 g/mol. The van der Waals surface area contributed by atoms with E-state index in [9.17, 15) is 0 Å². The van der Waals surface area contributed by atoms with Crippen LogP contribution in [0, 0.1) is 11.8 Å². The largest absolute Gasteiger partial charge is 0.497 e. The third kappa shape index (κ3) is 2.70. The number of hydrogen-bond acceptors (Lipinski definition) is 3. The van der Waals surface area contributed by atoms with Gasteiger partial charge in [-0.15, -0.1) is 0 Å². The molecule has 0 heterocycles. The Morgan fingerprint density at radius 1 is 1.38 bits per heavy atom. The van der Waals surface area contributed by atoms with Crippen molar-refractivity contribution in [3.63, 3.8) is 0 Å². The molecule has 2 aliphatic carbocycles. The summed E-state index contributed by atoms with van der Waals surface area (Å²) in [6.45, 7) is 1.11. The molecule has 2 aliphatic rings. The zero-order chi connectivity index (χ0) is 14.9. The van der Waals surface area contributed by atoms with E-state index >= 15 is 0 Å². The van der Waals surface area contributed by atoms with Crippen LogP contribution in [0.15, 0.2) is 18.2 Å². The molecule has 3 heteroatoms. The highest BCUT2D eigenvalue weighted by atomic mass is 32.1. The Balaban J connectivity index is 1.99. The molecule has 0 aromatic heterocycles. The van der Waals surface area contributed by atoms with Crippen LogP contribution < -0.4 is 10.1 Å². The molecule has 116 valence electrons. The zero-order valence-electron chi connectivity index (χ0n) is 13.2. The first-order chi connectivity index (χ1) is 10.2. The van der Waals surface area contributed by atoms with E-state index in [-0.39, 0.29) is 4.75 Å². The number of methoxy groups -OCH3 is 1. The van der Waals surface area contributed by atoms with E-state index in [1.807, 2.05) is 0 Å². The summed E-state index contributed by atoms with van der Waals surface area (Å²) in [6, 6.07) is 6.62. The highest BCUT2D eigenvalue weighted by Gasteiger charge is 2.47. The predicted molar refractivity (Wildman–Crippen MR) is 91.4 cm³/mol. The lowest BCUT2D eigenvalue weighted by Gasteiger charge is -2.49. The van der Waals surface area contributed by atoms with Crippen molar-refractivity contribution in [1.29, 1.82) is 0 Å². The Morgan fingerprint density at radius 3 is 3.00 bits per heavy atom. The summed E-state index contributed by atoms with van der Waals surface area (Å²) in [5.41, 5.74) is 2.93. The van der Waals surface area contributed by atoms with Crippen LogP contribution in [0.4, 0.5) is 0 Å². The lowest BCUT2D eigenvalue weighted by atomic mass is 9.61. The molecule has 1 aromatic carbocycles. The lowest BCUT2D eigenvalue weighted by molar-refractivity contribution is 0.164. The Kier molecular flexibility index (Phi) is 4.51. The van der Waals surface area contributed by atoms with Crippen molar-refractivity contribution in [2.75, 3.05) is 20.7 Å².